The van der Waals surface area contributed by atoms with Crippen LogP contribution in [0.5, 0.6) is 0 Å². The summed E-state index contributed by atoms with van der Waals surface area (Å²) in [7, 11) is 0. The van der Waals surface area contributed by atoms with Crippen LogP contribution in [0.1, 0.15) is 26.7 Å². The van der Waals surface area contributed by atoms with Crippen molar-refractivity contribution in [3.63, 3.8) is 0 Å². The number of allylic oxidation sites excluding steroid dienone is 3. The van der Waals surface area contributed by atoms with Crippen LogP contribution >= 0.6 is 23.2 Å². The Balaban J connectivity index is 3.68. The van der Waals surface area contributed by atoms with Gasteiger partial charge in [-0.15, -0.1) is 23.2 Å². The average Bonchev–Trinajstić information content (AvgIpc) is 2.00. The van der Waals surface area contributed by atoms with Gasteiger partial charge in [0.25, 0.3) is 0 Å². The predicted molar refractivity (Wildman–Crippen MR) is 58.2 cm³/mol. The monoisotopic (exact) mass is 206 g/mol. The van der Waals surface area contributed by atoms with Gasteiger partial charge in [0.1, 0.15) is 0 Å². The molecule has 0 radical (unpaired) electrons. The summed E-state index contributed by atoms with van der Waals surface area (Å²) in [6.07, 6.45) is 3.98. The molecule has 0 amide bonds. The van der Waals surface area contributed by atoms with Crippen LogP contribution in [0, 0.1) is 0 Å². The molecule has 1 atom stereocenters. The molecule has 0 spiro atoms. The summed E-state index contributed by atoms with van der Waals surface area (Å²) in [6, 6.07) is 0. The quantitative estimate of drug-likeness (QED) is 0.469. The van der Waals surface area contributed by atoms with E-state index in [2.05, 4.69) is 13.5 Å². The molecule has 12 heavy (non-hydrogen) atoms. The molecule has 0 aromatic carbocycles. The van der Waals surface area contributed by atoms with E-state index in [0.717, 1.165) is 18.4 Å². The standard InChI is InChI=1S/C10H16Cl2/c1-8(2)10(12)5-4-9(3)6-7-11/h6,10H,1,4-5,7H2,2-3H3/b9-6+. The van der Waals surface area contributed by atoms with E-state index >= 15 is 0 Å². The van der Waals surface area contributed by atoms with Crippen molar-refractivity contribution in [3.8, 4) is 0 Å². The van der Waals surface area contributed by atoms with Crippen molar-refractivity contribution in [3.05, 3.63) is 23.8 Å². The summed E-state index contributed by atoms with van der Waals surface area (Å²) in [4.78, 5) is 0. The summed E-state index contributed by atoms with van der Waals surface area (Å²) >= 11 is 11.5. The Hall–Kier alpha value is 0.0600. The molecule has 0 saturated heterocycles. The maximum Gasteiger partial charge on any atom is 0.0543 e. The van der Waals surface area contributed by atoms with Gasteiger partial charge in [0.2, 0.25) is 0 Å². The van der Waals surface area contributed by atoms with Crippen LogP contribution < -0.4 is 0 Å². The second-order valence-corrected chi connectivity index (χ2v) is 3.89. The molecule has 0 saturated carbocycles. The largest absolute Gasteiger partial charge is 0.122 e. The topological polar surface area (TPSA) is 0 Å². The predicted octanol–water partition coefficient (Wildman–Crippen LogP) is 4.14. The lowest BCUT2D eigenvalue weighted by Gasteiger charge is -2.08. The Kier molecular flexibility index (Phi) is 6.60. The summed E-state index contributed by atoms with van der Waals surface area (Å²) in [6.45, 7) is 7.83. The normalized spacial score (nSPS) is 14.5. The van der Waals surface area contributed by atoms with E-state index in [0.29, 0.717) is 5.88 Å². The molecule has 0 aliphatic carbocycles. The molecular formula is C10H16Cl2. The molecule has 0 aliphatic rings. The molecular weight excluding hydrogens is 191 g/mol. The summed E-state index contributed by atoms with van der Waals surface area (Å²) < 4.78 is 0. The van der Waals surface area contributed by atoms with E-state index in [1.807, 2.05) is 13.0 Å². The van der Waals surface area contributed by atoms with E-state index in [1.54, 1.807) is 0 Å². The van der Waals surface area contributed by atoms with E-state index in [9.17, 15) is 0 Å². The number of hydrogen-bond acceptors (Lipinski definition) is 0. The van der Waals surface area contributed by atoms with Gasteiger partial charge in [0, 0.05) is 5.88 Å². The van der Waals surface area contributed by atoms with E-state index in [-0.39, 0.29) is 5.38 Å². The first-order chi connectivity index (χ1) is 5.57. The number of halogens is 2. The minimum absolute atomic E-state index is 0.101. The van der Waals surface area contributed by atoms with Crippen LogP contribution in [0.3, 0.4) is 0 Å². The van der Waals surface area contributed by atoms with Crippen LogP contribution in [0.2, 0.25) is 0 Å². The second kappa shape index (κ2) is 6.56. The first kappa shape index (κ1) is 12.1. The highest BCUT2D eigenvalue weighted by Crippen LogP contribution is 2.16. The van der Waals surface area contributed by atoms with Crippen molar-refractivity contribution in [2.24, 2.45) is 0 Å². The molecule has 0 heterocycles. The molecule has 0 fully saturated rings. The molecule has 70 valence electrons. The van der Waals surface area contributed by atoms with Crippen molar-refractivity contribution in [2.45, 2.75) is 32.1 Å². The van der Waals surface area contributed by atoms with Gasteiger partial charge in [0.15, 0.2) is 0 Å². The minimum atomic E-state index is 0.101. The number of rotatable bonds is 5. The van der Waals surface area contributed by atoms with Crippen LogP contribution in [-0.2, 0) is 0 Å². The third kappa shape index (κ3) is 5.68. The van der Waals surface area contributed by atoms with Crippen LogP contribution in [-0.4, -0.2) is 11.3 Å². The van der Waals surface area contributed by atoms with Crippen molar-refractivity contribution in [1.82, 2.24) is 0 Å². The lowest BCUT2D eigenvalue weighted by atomic mass is 10.1. The smallest absolute Gasteiger partial charge is 0.0543 e. The fourth-order valence-electron chi connectivity index (χ4n) is 0.835. The first-order valence-electron chi connectivity index (χ1n) is 4.09. The Morgan fingerprint density at radius 2 is 2.08 bits per heavy atom. The maximum absolute atomic E-state index is 6.00. The zero-order valence-corrected chi connectivity index (χ0v) is 9.25. The minimum Gasteiger partial charge on any atom is -0.122 e. The van der Waals surface area contributed by atoms with Gasteiger partial charge in [-0.25, -0.2) is 0 Å². The molecule has 0 bridgehead atoms. The molecule has 0 N–H and O–H groups in total. The zero-order valence-electron chi connectivity index (χ0n) is 7.74. The summed E-state index contributed by atoms with van der Waals surface area (Å²) in [5, 5.41) is 0.101. The number of alkyl halides is 2. The highest BCUT2D eigenvalue weighted by atomic mass is 35.5. The zero-order chi connectivity index (χ0) is 9.56. The van der Waals surface area contributed by atoms with Crippen molar-refractivity contribution in [2.75, 3.05) is 5.88 Å². The van der Waals surface area contributed by atoms with Crippen molar-refractivity contribution in [1.29, 1.82) is 0 Å². The van der Waals surface area contributed by atoms with Gasteiger partial charge in [-0.2, -0.15) is 0 Å². The average molecular weight is 207 g/mol. The fraction of sp³-hybridized carbons (Fsp3) is 0.600. The highest BCUT2D eigenvalue weighted by Gasteiger charge is 2.04. The van der Waals surface area contributed by atoms with Gasteiger partial charge < -0.3 is 0 Å². The first-order valence-corrected chi connectivity index (χ1v) is 5.06. The van der Waals surface area contributed by atoms with Gasteiger partial charge in [0.05, 0.1) is 5.38 Å². The lowest BCUT2D eigenvalue weighted by Crippen LogP contribution is -1.99. The Labute approximate surface area is 85.3 Å². The molecule has 2 heteroatoms. The van der Waals surface area contributed by atoms with Crippen molar-refractivity contribution < 1.29 is 0 Å². The molecule has 0 aliphatic heterocycles. The Bertz CT molecular complexity index is 171. The SMILES string of the molecule is C=C(C)C(Cl)CC/C(C)=C/CCl. The van der Waals surface area contributed by atoms with Crippen LogP contribution in [0.25, 0.3) is 0 Å². The maximum atomic E-state index is 6.00. The second-order valence-electron chi connectivity index (χ2n) is 3.06. The molecule has 0 aromatic rings. The Morgan fingerprint density at radius 1 is 1.50 bits per heavy atom. The van der Waals surface area contributed by atoms with Crippen LogP contribution in [0.15, 0.2) is 23.8 Å². The molecule has 0 nitrogen and oxygen atoms in total. The summed E-state index contributed by atoms with van der Waals surface area (Å²) in [5.41, 5.74) is 2.34. The number of hydrogen-bond donors (Lipinski definition) is 0. The van der Waals surface area contributed by atoms with Crippen molar-refractivity contribution >= 4 is 23.2 Å². The van der Waals surface area contributed by atoms with E-state index in [4.69, 9.17) is 23.2 Å². The third-order valence-electron chi connectivity index (χ3n) is 1.75. The van der Waals surface area contributed by atoms with Gasteiger partial charge in [-0.3, -0.25) is 0 Å². The summed E-state index contributed by atoms with van der Waals surface area (Å²) in [5.74, 6) is 0.589. The van der Waals surface area contributed by atoms with E-state index in [1.165, 1.54) is 5.57 Å². The van der Waals surface area contributed by atoms with Gasteiger partial charge >= 0.3 is 0 Å². The highest BCUT2D eigenvalue weighted by molar-refractivity contribution is 6.22. The third-order valence-corrected chi connectivity index (χ3v) is 2.50. The molecule has 0 aromatic heterocycles. The Morgan fingerprint density at radius 3 is 2.50 bits per heavy atom. The lowest BCUT2D eigenvalue weighted by molar-refractivity contribution is 0.811. The van der Waals surface area contributed by atoms with Crippen LogP contribution in [0.4, 0.5) is 0 Å². The molecule has 0 rings (SSSR count). The molecule has 1 unspecified atom stereocenters. The van der Waals surface area contributed by atoms with E-state index < -0.39 is 0 Å². The fourth-order valence-corrected chi connectivity index (χ4v) is 1.21. The van der Waals surface area contributed by atoms with Gasteiger partial charge in [-0.1, -0.05) is 23.8 Å². The van der Waals surface area contributed by atoms with Gasteiger partial charge in [-0.05, 0) is 26.7 Å².